The van der Waals surface area contributed by atoms with Gasteiger partial charge in [-0.2, -0.15) is 0 Å². The minimum Gasteiger partial charge on any atom is -0.445 e. The molecular formula is C24H30N4O5. The number of amides is 2. The number of benzene rings is 1. The molecule has 1 aliphatic rings. The topological polar surface area (TPSA) is 119 Å². The van der Waals surface area contributed by atoms with Gasteiger partial charge < -0.3 is 19.9 Å². The Morgan fingerprint density at radius 1 is 1.24 bits per heavy atom. The van der Waals surface area contributed by atoms with Gasteiger partial charge in [0.15, 0.2) is 5.78 Å². The fourth-order valence-electron chi connectivity index (χ4n) is 3.83. The third-order valence-electron chi connectivity index (χ3n) is 5.66. The van der Waals surface area contributed by atoms with Gasteiger partial charge in [0, 0.05) is 37.3 Å². The molecule has 3 rings (SSSR count). The Labute approximate surface area is 192 Å². The number of carbonyl (C=O) groups excluding carboxylic acids is 4. The van der Waals surface area contributed by atoms with E-state index in [0.717, 1.165) is 11.3 Å². The molecule has 9 nitrogen and oxygen atoms in total. The van der Waals surface area contributed by atoms with E-state index in [1.54, 1.807) is 26.4 Å². The largest absolute Gasteiger partial charge is 0.445 e. The van der Waals surface area contributed by atoms with Crippen LogP contribution in [0, 0.1) is 11.8 Å². The Morgan fingerprint density at radius 2 is 2.00 bits per heavy atom. The first-order valence-electron chi connectivity index (χ1n) is 11.2. The van der Waals surface area contributed by atoms with Crippen molar-refractivity contribution in [1.82, 2.24) is 20.2 Å². The number of Topliss-reactive ketones (excluding diaryl/α,β-unsaturated/α-hetero) is 2. The Balaban J connectivity index is 1.67. The lowest BCUT2D eigenvalue weighted by Crippen LogP contribution is -2.46. The number of nitrogens with zero attached hydrogens (tertiary/aromatic N) is 2. The molecule has 1 aromatic heterocycles. The molecule has 0 saturated heterocycles. The maximum atomic E-state index is 13.1. The van der Waals surface area contributed by atoms with Crippen molar-refractivity contribution < 1.29 is 23.9 Å². The van der Waals surface area contributed by atoms with E-state index in [-0.39, 0.29) is 31.1 Å². The van der Waals surface area contributed by atoms with Crippen LogP contribution in [0.15, 0.2) is 42.9 Å². The third-order valence-corrected chi connectivity index (χ3v) is 5.66. The number of alkyl carbamates (subject to hydrolysis) is 1. The van der Waals surface area contributed by atoms with E-state index in [4.69, 9.17) is 4.74 Å². The zero-order chi connectivity index (χ0) is 23.8. The number of rotatable bonds is 7. The molecule has 2 aromatic rings. The SMILES string of the molecule is CC(C)C(NC(=O)OCc1ccccc1)C(=O)CC1Cc2cncn2CCCNC(=O)C1=O. The molecule has 9 heteroatoms. The molecule has 2 heterocycles. The second kappa shape index (κ2) is 11.4. The summed E-state index contributed by atoms with van der Waals surface area (Å²) < 4.78 is 7.18. The Bertz CT molecular complexity index is 986. The number of hydrogen-bond donors (Lipinski definition) is 2. The monoisotopic (exact) mass is 454 g/mol. The lowest BCUT2D eigenvalue weighted by atomic mass is 9.87. The summed E-state index contributed by atoms with van der Waals surface area (Å²) in [5.74, 6) is -2.70. The molecule has 0 fully saturated rings. The summed E-state index contributed by atoms with van der Waals surface area (Å²) in [6.45, 7) is 4.71. The van der Waals surface area contributed by atoms with Crippen LogP contribution in [0.1, 0.15) is 37.9 Å². The lowest BCUT2D eigenvalue weighted by Gasteiger charge is -2.24. The van der Waals surface area contributed by atoms with Crippen molar-refractivity contribution in [1.29, 1.82) is 0 Å². The molecule has 1 aromatic carbocycles. The maximum Gasteiger partial charge on any atom is 0.408 e. The first-order valence-corrected chi connectivity index (χ1v) is 11.2. The molecular weight excluding hydrogens is 424 g/mol. The second-order valence-corrected chi connectivity index (χ2v) is 8.55. The van der Waals surface area contributed by atoms with Crippen molar-refractivity contribution in [3.8, 4) is 0 Å². The predicted octanol–water partition coefficient (Wildman–Crippen LogP) is 2.04. The average molecular weight is 455 g/mol. The van der Waals surface area contributed by atoms with Crippen LogP contribution >= 0.6 is 0 Å². The fourth-order valence-corrected chi connectivity index (χ4v) is 3.83. The van der Waals surface area contributed by atoms with Crippen LogP contribution in [-0.2, 0) is 38.7 Å². The summed E-state index contributed by atoms with van der Waals surface area (Å²) in [5, 5.41) is 5.25. The number of imidazole rings is 1. The summed E-state index contributed by atoms with van der Waals surface area (Å²) in [6, 6.07) is 8.37. The highest BCUT2D eigenvalue weighted by Crippen LogP contribution is 2.19. The number of aromatic nitrogens is 2. The maximum absolute atomic E-state index is 13.1. The Morgan fingerprint density at radius 3 is 2.73 bits per heavy atom. The fraction of sp³-hybridized carbons (Fsp3) is 0.458. The van der Waals surface area contributed by atoms with E-state index in [2.05, 4.69) is 15.6 Å². The first-order chi connectivity index (χ1) is 15.8. The van der Waals surface area contributed by atoms with Gasteiger partial charge in [-0.25, -0.2) is 9.78 Å². The summed E-state index contributed by atoms with van der Waals surface area (Å²) in [6.07, 6.45) is 3.36. The summed E-state index contributed by atoms with van der Waals surface area (Å²) in [4.78, 5) is 54.7. The van der Waals surface area contributed by atoms with Crippen molar-refractivity contribution in [3.63, 3.8) is 0 Å². The highest BCUT2D eigenvalue weighted by atomic mass is 16.5. The first kappa shape index (κ1) is 24.2. The van der Waals surface area contributed by atoms with Crippen molar-refractivity contribution in [2.24, 2.45) is 11.8 Å². The van der Waals surface area contributed by atoms with E-state index in [1.807, 2.05) is 34.9 Å². The number of hydrogen-bond acceptors (Lipinski definition) is 6. The zero-order valence-electron chi connectivity index (χ0n) is 19.0. The van der Waals surface area contributed by atoms with Crippen molar-refractivity contribution in [2.75, 3.05) is 6.54 Å². The van der Waals surface area contributed by atoms with Gasteiger partial charge >= 0.3 is 6.09 Å². The van der Waals surface area contributed by atoms with Gasteiger partial charge in [-0.15, -0.1) is 0 Å². The van der Waals surface area contributed by atoms with Gasteiger partial charge in [-0.05, 0) is 24.3 Å². The number of carbonyl (C=O) groups is 4. The van der Waals surface area contributed by atoms with Crippen molar-refractivity contribution in [2.45, 2.75) is 52.3 Å². The van der Waals surface area contributed by atoms with Crippen LogP contribution in [0.25, 0.3) is 0 Å². The average Bonchev–Trinajstić information content (AvgIpc) is 3.24. The molecule has 2 N–H and O–H groups in total. The van der Waals surface area contributed by atoms with E-state index in [1.165, 1.54) is 0 Å². The quantitative estimate of drug-likeness (QED) is 0.618. The second-order valence-electron chi connectivity index (χ2n) is 8.55. The number of ketones is 2. The molecule has 0 aliphatic carbocycles. The summed E-state index contributed by atoms with van der Waals surface area (Å²) >= 11 is 0. The van der Waals surface area contributed by atoms with Crippen LogP contribution in [0.2, 0.25) is 0 Å². The Kier molecular flexibility index (Phi) is 8.34. The van der Waals surface area contributed by atoms with E-state index in [0.29, 0.717) is 19.5 Å². The van der Waals surface area contributed by atoms with E-state index >= 15 is 0 Å². The normalized spacial score (nSPS) is 17.6. The standard InChI is InChI=1S/C24H30N4O5/c1-16(2)21(27-24(32)33-14-17-7-4-3-5-8-17)20(29)12-18-11-19-13-25-15-28(19)10-6-9-26-23(31)22(18)30/h3-5,7-8,13,15-16,18,21H,6,9-12,14H2,1-2H3,(H,26,31)(H,27,32). The highest BCUT2D eigenvalue weighted by molar-refractivity contribution is 6.37. The van der Waals surface area contributed by atoms with Crippen molar-refractivity contribution in [3.05, 3.63) is 54.1 Å². The Hall–Kier alpha value is -3.49. The van der Waals surface area contributed by atoms with Gasteiger partial charge in [-0.1, -0.05) is 44.2 Å². The molecule has 2 amide bonds. The number of fused-ring (bicyclic) bond motifs is 1. The van der Waals surface area contributed by atoms with Crippen LogP contribution in [-0.4, -0.2) is 45.7 Å². The van der Waals surface area contributed by atoms with Gasteiger partial charge in [0.2, 0.25) is 5.78 Å². The van der Waals surface area contributed by atoms with Gasteiger partial charge in [0.1, 0.15) is 6.61 Å². The minimum atomic E-state index is -0.843. The number of aryl methyl sites for hydroxylation is 1. The molecule has 1 aliphatic heterocycles. The molecule has 2 atom stereocenters. The lowest BCUT2D eigenvalue weighted by molar-refractivity contribution is -0.141. The number of nitrogens with one attached hydrogen (secondary N) is 2. The minimum absolute atomic E-state index is 0.0803. The van der Waals surface area contributed by atoms with Crippen LogP contribution in [0.5, 0.6) is 0 Å². The molecule has 176 valence electrons. The van der Waals surface area contributed by atoms with Crippen LogP contribution in [0.4, 0.5) is 4.79 Å². The highest BCUT2D eigenvalue weighted by Gasteiger charge is 2.33. The molecule has 0 radical (unpaired) electrons. The van der Waals surface area contributed by atoms with Crippen LogP contribution in [0.3, 0.4) is 0 Å². The molecule has 0 bridgehead atoms. The van der Waals surface area contributed by atoms with Crippen molar-refractivity contribution >= 4 is 23.6 Å². The van der Waals surface area contributed by atoms with Crippen LogP contribution < -0.4 is 10.6 Å². The molecule has 0 saturated carbocycles. The smallest absolute Gasteiger partial charge is 0.408 e. The summed E-state index contributed by atoms with van der Waals surface area (Å²) in [5.41, 5.74) is 1.63. The van der Waals surface area contributed by atoms with E-state index in [9.17, 15) is 19.2 Å². The number of ether oxygens (including phenoxy) is 1. The predicted molar refractivity (Wildman–Crippen MR) is 120 cm³/mol. The van der Waals surface area contributed by atoms with Gasteiger partial charge in [-0.3, -0.25) is 14.4 Å². The molecule has 33 heavy (non-hydrogen) atoms. The van der Waals surface area contributed by atoms with Gasteiger partial charge in [0.05, 0.1) is 12.4 Å². The zero-order valence-corrected chi connectivity index (χ0v) is 19.0. The van der Waals surface area contributed by atoms with Gasteiger partial charge in [0.25, 0.3) is 5.91 Å². The molecule has 0 spiro atoms. The van der Waals surface area contributed by atoms with E-state index < -0.39 is 29.7 Å². The molecule has 2 unspecified atom stereocenters. The summed E-state index contributed by atoms with van der Waals surface area (Å²) in [7, 11) is 0. The third kappa shape index (κ3) is 6.74.